The first-order chi connectivity index (χ1) is 12.7. The molecular weight excluding hydrogens is 328 g/mol. The van der Waals surface area contributed by atoms with Gasteiger partial charge in [0.15, 0.2) is 11.5 Å². The summed E-state index contributed by atoms with van der Waals surface area (Å²) in [6.07, 6.45) is 0.772. The maximum atomic E-state index is 13.1. The van der Waals surface area contributed by atoms with Gasteiger partial charge in [0.1, 0.15) is 0 Å². The lowest BCUT2D eigenvalue weighted by atomic mass is 9.93. The largest absolute Gasteiger partial charge is 0.454 e. The van der Waals surface area contributed by atoms with Crippen molar-refractivity contribution in [2.75, 3.05) is 20.4 Å². The van der Waals surface area contributed by atoms with Gasteiger partial charge >= 0.3 is 0 Å². The minimum Gasteiger partial charge on any atom is -0.454 e. The molecule has 1 unspecified atom stereocenters. The number of ether oxygens (including phenoxy) is 2. The molecule has 2 aromatic rings. The predicted octanol–water partition coefficient (Wildman–Crippen LogP) is 2.82. The number of fused-ring (bicyclic) bond motifs is 2. The summed E-state index contributed by atoms with van der Waals surface area (Å²) in [4.78, 5) is 17.2. The van der Waals surface area contributed by atoms with Crippen LogP contribution in [0.3, 0.4) is 0 Å². The second-order valence-corrected chi connectivity index (χ2v) is 6.93. The highest BCUT2D eigenvalue weighted by Crippen LogP contribution is 2.33. The highest BCUT2D eigenvalue weighted by Gasteiger charge is 2.32. The first-order valence-electron chi connectivity index (χ1n) is 9.10. The first kappa shape index (κ1) is 16.9. The Hall–Kier alpha value is -2.53. The van der Waals surface area contributed by atoms with E-state index in [2.05, 4.69) is 36.1 Å². The van der Waals surface area contributed by atoms with Gasteiger partial charge in [-0.3, -0.25) is 9.69 Å². The van der Waals surface area contributed by atoms with Gasteiger partial charge in [-0.15, -0.1) is 0 Å². The minimum absolute atomic E-state index is 0.103. The molecular formula is C21H24N2O3. The van der Waals surface area contributed by atoms with Crippen molar-refractivity contribution in [2.45, 2.75) is 32.5 Å². The lowest BCUT2D eigenvalue weighted by Gasteiger charge is -2.37. The maximum Gasteiger partial charge on any atom is 0.240 e. The Labute approximate surface area is 154 Å². The van der Waals surface area contributed by atoms with Crippen molar-refractivity contribution in [3.63, 3.8) is 0 Å². The van der Waals surface area contributed by atoms with Gasteiger partial charge in [-0.2, -0.15) is 0 Å². The zero-order chi connectivity index (χ0) is 18.1. The van der Waals surface area contributed by atoms with Crippen molar-refractivity contribution in [3.8, 4) is 11.5 Å². The molecule has 2 heterocycles. The van der Waals surface area contributed by atoms with Gasteiger partial charge in [-0.05, 0) is 41.8 Å². The molecule has 26 heavy (non-hydrogen) atoms. The molecule has 0 aliphatic carbocycles. The lowest BCUT2D eigenvalue weighted by molar-refractivity contribution is -0.136. The zero-order valence-electron chi connectivity index (χ0n) is 15.3. The van der Waals surface area contributed by atoms with Gasteiger partial charge in [-0.25, -0.2) is 0 Å². The molecule has 1 atom stereocenters. The van der Waals surface area contributed by atoms with Crippen molar-refractivity contribution in [3.05, 3.63) is 59.2 Å². The Morgan fingerprint density at radius 1 is 1.15 bits per heavy atom. The number of carbonyl (C=O) groups is 1. The molecule has 5 nitrogen and oxygen atoms in total. The number of carbonyl (C=O) groups excluding carboxylic acids is 1. The molecule has 0 saturated heterocycles. The predicted molar refractivity (Wildman–Crippen MR) is 99.1 cm³/mol. The van der Waals surface area contributed by atoms with Gasteiger partial charge in [0, 0.05) is 20.1 Å². The molecule has 5 heteroatoms. The average Bonchev–Trinajstić information content (AvgIpc) is 3.14. The fraction of sp³-hybridized carbons (Fsp3) is 0.381. The second kappa shape index (κ2) is 7.00. The van der Waals surface area contributed by atoms with Gasteiger partial charge < -0.3 is 14.4 Å². The summed E-state index contributed by atoms with van der Waals surface area (Å²) in [6, 6.07) is 14.2. The molecule has 0 aromatic heterocycles. The number of likely N-dealkylation sites (N-methyl/N-ethyl adjacent to an activating group) is 2. The van der Waals surface area contributed by atoms with E-state index in [1.54, 1.807) is 0 Å². The van der Waals surface area contributed by atoms with Gasteiger partial charge in [0.05, 0.1) is 6.04 Å². The quantitative estimate of drug-likeness (QED) is 0.849. The summed E-state index contributed by atoms with van der Waals surface area (Å²) < 4.78 is 10.8. The van der Waals surface area contributed by atoms with Crippen molar-refractivity contribution < 1.29 is 14.3 Å². The first-order valence-corrected chi connectivity index (χ1v) is 9.10. The lowest BCUT2D eigenvalue weighted by Crippen LogP contribution is -2.50. The standard InChI is InChI=1S/C21H24N2O3/c1-3-23-13-17-7-5-4-6-16(17)11-18(23)21(24)22(2)12-15-8-9-19-20(10-15)26-14-25-19/h4-10,18H,3,11-14H2,1-2H3. The van der Waals surface area contributed by atoms with E-state index in [0.29, 0.717) is 6.54 Å². The Balaban J connectivity index is 1.49. The van der Waals surface area contributed by atoms with Crippen LogP contribution in [0.15, 0.2) is 42.5 Å². The molecule has 0 fully saturated rings. The third kappa shape index (κ3) is 3.15. The molecule has 2 aromatic carbocycles. The third-order valence-electron chi connectivity index (χ3n) is 5.27. The van der Waals surface area contributed by atoms with E-state index in [-0.39, 0.29) is 18.7 Å². The highest BCUT2D eigenvalue weighted by molar-refractivity contribution is 5.82. The summed E-state index contributed by atoms with van der Waals surface area (Å²) in [5, 5.41) is 0. The number of nitrogens with zero attached hydrogens (tertiary/aromatic N) is 2. The average molecular weight is 352 g/mol. The number of hydrogen-bond donors (Lipinski definition) is 0. The molecule has 2 aliphatic rings. The molecule has 1 amide bonds. The molecule has 0 radical (unpaired) electrons. The normalized spacial score (nSPS) is 18.5. The molecule has 0 N–H and O–H groups in total. The Morgan fingerprint density at radius 2 is 1.92 bits per heavy atom. The van der Waals surface area contributed by atoms with Crippen LogP contribution in [0.5, 0.6) is 11.5 Å². The summed E-state index contributed by atoms with van der Waals surface area (Å²) in [7, 11) is 1.88. The molecule has 0 bridgehead atoms. The fourth-order valence-corrected chi connectivity index (χ4v) is 3.80. The van der Waals surface area contributed by atoms with Crippen LogP contribution in [0.4, 0.5) is 0 Å². The topological polar surface area (TPSA) is 42.0 Å². The number of benzene rings is 2. The van der Waals surface area contributed by atoms with Gasteiger partial charge in [0.2, 0.25) is 12.7 Å². The number of hydrogen-bond acceptors (Lipinski definition) is 4. The SMILES string of the molecule is CCN1Cc2ccccc2CC1C(=O)N(C)Cc1ccc2c(c1)OCO2. The smallest absolute Gasteiger partial charge is 0.240 e. The molecule has 4 rings (SSSR count). The van der Waals surface area contributed by atoms with E-state index in [0.717, 1.165) is 36.6 Å². The maximum absolute atomic E-state index is 13.1. The second-order valence-electron chi connectivity index (χ2n) is 6.93. The summed E-state index contributed by atoms with van der Waals surface area (Å²) >= 11 is 0. The number of amides is 1. The monoisotopic (exact) mass is 352 g/mol. The van der Waals surface area contributed by atoms with E-state index in [1.807, 2.05) is 30.1 Å². The summed E-state index contributed by atoms with van der Waals surface area (Å²) in [6.45, 7) is 4.64. The van der Waals surface area contributed by atoms with Crippen LogP contribution in [0.1, 0.15) is 23.6 Å². The van der Waals surface area contributed by atoms with Crippen LogP contribution in [0, 0.1) is 0 Å². The summed E-state index contributed by atoms with van der Waals surface area (Å²) in [5.74, 6) is 1.69. The molecule has 0 saturated carbocycles. The molecule has 136 valence electrons. The molecule has 2 aliphatic heterocycles. The third-order valence-corrected chi connectivity index (χ3v) is 5.27. The van der Waals surface area contributed by atoms with Crippen LogP contribution < -0.4 is 9.47 Å². The van der Waals surface area contributed by atoms with Crippen LogP contribution in [-0.4, -0.2) is 42.1 Å². The van der Waals surface area contributed by atoms with Crippen molar-refractivity contribution in [1.29, 1.82) is 0 Å². The van der Waals surface area contributed by atoms with E-state index < -0.39 is 0 Å². The minimum atomic E-state index is -0.103. The van der Waals surface area contributed by atoms with E-state index >= 15 is 0 Å². The van der Waals surface area contributed by atoms with Crippen LogP contribution in [-0.2, 0) is 24.3 Å². The summed E-state index contributed by atoms with van der Waals surface area (Å²) in [5.41, 5.74) is 3.66. The number of rotatable bonds is 4. The zero-order valence-corrected chi connectivity index (χ0v) is 15.3. The van der Waals surface area contributed by atoms with Crippen molar-refractivity contribution in [2.24, 2.45) is 0 Å². The van der Waals surface area contributed by atoms with Crippen LogP contribution >= 0.6 is 0 Å². The Morgan fingerprint density at radius 3 is 2.73 bits per heavy atom. The van der Waals surface area contributed by atoms with E-state index in [1.165, 1.54) is 11.1 Å². The van der Waals surface area contributed by atoms with E-state index in [4.69, 9.17) is 9.47 Å². The van der Waals surface area contributed by atoms with E-state index in [9.17, 15) is 4.79 Å². The van der Waals surface area contributed by atoms with Crippen molar-refractivity contribution in [1.82, 2.24) is 9.80 Å². The van der Waals surface area contributed by atoms with Gasteiger partial charge in [-0.1, -0.05) is 37.3 Å². The van der Waals surface area contributed by atoms with Gasteiger partial charge in [0.25, 0.3) is 0 Å². The molecule has 0 spiro atoms. The Kier molecular flexibility index (Phi) is 4.55. The Bertz CT molecular complexity index is 821. The fourth-order valence-electron chi connectivity index (χ4n) is 3.80. The highest BCUT2D eigenvalue weighted by atomic mass is 16.7. The van der Waals surface area contributed by atoms with Crippen molar-refractivity contribution >= 4 is 5.91 Å². The van der Waals surface area contributed by atoms with Crippen LogP contribution in [0.25, 0.3) is 0 Å². The van der Waals surface area contributed by atoms with Crippen LogP contribution in [0.2, 0.25) is 0 Å².